The van der Waals surface area contributed by atoms with E-state index in [1.807, 2.05) is 18.2 Å². The van der Waals surface area contributed by atoms with Gasteiger partial charge in [0.05, 0.1) is 22.0 Å². The van der Waals surface area contributed by atoms with Crippen molar-refractivity contribution < 1.29 is 9.59 Å². The molecule has 2 heterocycles. The summed E-state index contributed by atoms with van der Waals surface area (Å²) < 4.78 is 4.92. The number of carbonyl (C=O) groups excluding carboxylic acids is 2. The Balaban J connectivity index is 1.39. The molecule has 1 N–H and O–H groups in total. The van der Waals surface area contributed by atoms with Gasteiger partial charge in [0.15, 0.2) is 0 Å². The van der Waals surface area contributed by atoms with Crippen LogP contribution in [0.1, 0.15) is 39.0 Å². The highest BCUT2D eigenvalue weighted by molar-refractivity contribution is 7.97. The van der Waals surface area contributed by atoms with Gasteiger partial charge in [-0.15, -0.1) is 0 Å². The number of aromatic nitrogens is 2. The molecule has 0 bridgehead atoms. The number of nitrogens with zero attached hydrogens (tertiary/aromatic N) is 3. The van der Waals surface area contributed by atoms with Crippen molar-refractivity contribution in [1.82, 2.24) is 19.2 Å². The Morgan fingerprint density at radius 3 is 2.17 bits per heavy atom. The van der Waals surface area contributed by atoms with Crippen LogP contribution in [0.25, 0.3) is 10.9 Å². The first-order chi connectivity index (χ1) is 17.6. The molecule has 5 rings (SSSR count). The largest absolute Gasteiger partial charge is 0.296 e. The maximum atomic E-state index is 13.4. The minimum Gasteiger partial charge on any atom is -0.296 e. The average Bonchev–Trinajstić information content (AvgIpc) is 3.15. The lowest BCUT2D eigenvalue weighted by molar-refractivity contribution is 0.0655. The molecule has 36 heavy (non-hydrogen) atoms. The van der Waals surface area contributed by atoms with Crippen LogP contribution in [0.5, 0.6) is 0 Å². The number of imide groups is 1. The first kappa shape index (κ1) is 24.0. The van der Waals surface area contributed by atoms with E-state index in [2.05, 4.69) is 35.9 Å². The Hall–Kier alpha value is -3.75. The second-order valence-corrected chi connectivity index (χ2v) is 9.52. The molecule has 182 valence electrons. The number of aryl methyl sites for hydroxylation is 1. The molecule has 0 atom stereocenters. The van der Waals surface area contributed by atoms with E-state index in [0.717, 1.165) is 17.0 Å². The normalized spacial score (nSPS) is 13.0. The van der Waals surface area contributed by atoms with Crippen LogP contribution < -0.4 is 10.3 Å². The maximum absolute atomic E-state index is 13.4. The van der Waals surface area contributed by atoms with Gasteiger partial charge in [0.25, 0.3) is 17.4 Å². The van der Waals surface area contributed by atoms with E-state index in [1.54, 1.807) is 46.8 Å². The summed E-state index contributed by atoms with van der Waals surface area (Å²) in [6.07, 6.45) is 0.954. The van der Waals surface area contributed by atoms with E-state index in [0.29, 0.717) is 47.2 Å². The zero-order valence-corrected chi connectivity index (χ0v) is 20.8. The quantitative estimate of drug-likeness (QED) is 0.276. The minimum absolute atomic E-state index is 0.114. The van der Waals surface area contributed by atoms with E-state index in [1.165, 1.54) is 4.90 Å². The van der Waals surface area contributed by atoms with Gasteiger partial charge in [-0.3, -0.25) is 28.6 Å². The van der Waals surface area contributed by atoms with Crippen molar-refractivity contribution in [1.29, 1.82) is 0 Å². The molecular weight excluding hydrogens is 472 g/mol. The van der Waals surface area contributed by atoms with Crippen molar-refractivity contribution in [3.8, 4) is 0 Å². The van der Waals surface area contributed by atoms with Crippen molar-refractivity contribution in [2.45, 2.75) is 31.2 Å². The lowest BCUT2D eigenvalue weighted by Gasteiger charge is -2.17. The molecule has 0 radical (unpaired) electrons. The van der Waals surface area contributed by atoms with Crippen LogP contribution in [0, 0.1) is 0 Å². The van der Waals surface area contributed by atoms with Crippen LogP contribution in [0.15, 0.2) is 82.5 Å². The maximum Gasteiger partial charge on any atom is 0.261 e. The second kappa shape index (κ2) is 10.5. The van der Waals surface area contributed by atoms with E-state index in [9.17, 15) is 14.4 Å². The predicted molar refractivity (Wildman–Crippen MR) is 141 cm³/mol. The molecule has 2 amide bonds. The summed E-state index contributed by atoms with van der Waals surface area (Å²) in [6, 6.07) is 22.4. The Kier molecular flexibility index (Phi) is 6.97. The highest BCUT2D eigenvalue weighted by atomic mass is 32.2. The van der Waals surface area contributed by atoms with Crippen LogP contribution in [-0.4, -0.2) is 39.4 Å². The third-order valence-electron chi connectivity index (χ3n) is 6.26. The summed E-state index contributed by atoms with van der Waals surface area (Å²) in [4.78, 5) is 46.2. The number of para-hydroxylation sites is 1. The fourth-order valence-corrected chi connectivity index (χ4v) is 4.99. The Labute approximate surface area is 213 Å². The van der Waals surface area contributed by atoms with Crippen LogP contribution in [0.4, 0.5) is 0 Å². The smallest absolute Gasteiger partial charge is 0.261 e. The molecule has 0 fully saturated rings. The number of rotatable bonds is 9. The number of amides is 2. The Morgan fingerprint density at radius 2 is 1.47 bits per heavy atom. The Bertz CT molecular complexity index is 1460. The van der Waals surface area contributed by atoms with Gasteiger partial charge in [0, 0.05) is 31.0 Å². The molecule has 7 nitrogen and oxygen atoms in total. The predicted octanol–water partition coefficient (Wildman–Crippen LogP) is 4.09. The molecule has 0 aliphatic carbocycles. The molecule has 0 unspecified atom stereocenters. The molecule has 1 aromatic heterocycles. The molecule has 1 aliphatic heterocycles. The first-order valence-electron chi connectivity index (χ1n) is 12.0. The second-order valence-electron chi connectivity index (χ2n) is 8.55. The molecule has 0 saturated heterocycles. The molecule has 1 aliphatic rings. The van der Waals surface area contributed by atoms with Crippen LogP contribution in [0.3, 0.4) is 0 Å². The Morgan fingerprint density at radius 1 is 0.806 bits per heavy atom. The zero-order valence-electron chi connectivity index (χ0n) is 19.9. The average molecular weight is 499 g/mol. The topological polar surface area (TPSA) is 84.3 Å². The standard InChI is InChI=1S/C28H26N4O3S/c1-2-29-36-20-13-11-19(12-14-20)15-17-31-25(30-24-10-6-5-9-23(24)28(31)35)16-18-32-26(33)21-7-3-4-8-22(21)27(32)34/h3-14,29H,2,15-18H2,1H3. The van der Waals surface area contributed by atoms with Gasteiger partial charge in [-0.25, -0.2) is 4.98 Å². The van der Waals surface area contributed by atoms with Crippen molar-refractivity contribution in [3.05, 3.63) is 106 Å². The van der Waals surface area contributed by atoms with Gasteiger partial charge in [-0.1, -0.05) is 43.3 Å². The van der Waals surface area contributed by atoms with Gasteiger partial charge >= 0.3 is 0 Å². The third kappa shape index (κ3) is 4.69. The van der Waals surface area contributed by atoms with Crippen molar-refractivity contribution in [2.75, 3.05) is 13.1 Å². The fraction of sp³-hybridized carbons (Fsp3) is 0.214. The molecule has 0 spiro atoms. The highest BCUT2D eigenvalue weighted by Crippen LogP contribution is 2.23. The third-order valence-corrected chi connectivity index (χ3v) is 7.20. The summed E-state index contributed by atoms with van der Waals surface area (Å²) in [5, 5.41) is 0.555. The van der Waals surface area contributed by atoms with Crippen molar-refractivity contribution >= 4 is 34.7 Å². The minimum atomic E-state index is -0.305. The zero-order chi connectivity index (χ0) is 25.1. The van der Waals surface area contributed by atoms with Crippen LogP contribution in [0.2, 0.25) is 0 Å². The fourth-order valence-electron chi connectivity index (χ4n) is 4.41. The summed E-state index contributed by atoms with van der Waals surface area (Å²) in [7, 11) is 0. The lowest BCUT2D eigenvalue weighted by Crippen LogP contribution is -2.34. The van der Waals surface area contributed by atoms with Gasteiger partial charge in [0.2, 0.25) is 0 Å². The monoisotopic (exact) mass is 498 g/mol. The highest BCUT2D eigenvalue weighted by Gasteiger charge is 2.34. The number of hydrogen-bond donors (Lipinski definition) is 1. The van der Waals surface area contributed by atoms with E-state index in [4.69, 9.17) is 4.98 Å². The number of fused-ring (bicyclic) bond motifs is 2. The van der Waals surface area contributed by atoms with E-state index >= 15 is 0 Å². The lowest BCUT2D eigenvalue weighted by atomic mass is 10.1. The van der Waals surface area contributed by atoms with E-state index in [-0.39, 0.29) is 23.9 Å². The summed E-state index contributed by atoms with van der Waals surface area (Å²) >= 11 is 1.59. The molecule has 4 aromatic rings. The SMILES string of the molecule is CCNSc1ccc(CCn2c(CCN3C(=O)c4ccccc4C3=O)nc3ccccc3c2=O)cc1. The van der Waals surface area contributed by atoms with Crippen molar-refractivity contribution in [2.24, 2.45) is 0 Å². The van der Waals surface area contributed by atoms with Crippen molar-refractivity contribution in [3.63, 3.8) is 0 Å². The summed E-state index contributed by atoms with van der Waals surface area (Å²) in [5.41, 5.74) is 2.45. The molecular formula is C28H26N4O3S. The van der Waals surface area contributed by atoms with Gasteiger partial charge in [0.1, 0.15) is 5.82 Å². The summed E-state index contributed by atoms with van der Waals surface area (Å²) in [5.74, 6) is -0.0452. The van der Waals surface area contributed by atoms with Gasteiger partial charge in [-0.2, -0.15) is 0 Å². The molecule has 8 heteroatoms. The number of hydrogen-bond acceptors (Lipinski definition) is 6. The number of nitrogens with one attached hydrogen (secondary N) is 1. The summed E-state index contributed by atoms with van der Waals surface area (Å²) in [6.45, 7) is 3.55. The van der Waals surface area contributed by atoms with Gasteiger partial charge in [-0.05, 0) is 60.3 Å². The van der Waals surface area contributed by atoms with Gasteiger partial charge < -0.3 is 0 Å². The molecule has 0 saturated carbocycles. The first-order valence-corrected chi connectivity index (χ1v) is 12.8. The van der Waals surface area contributed by atoms with E-state index < -0.39 is 0 Å². The van der Waals surface area contributed by atoms with Crippen LogP contribution >= 0.6 is 11.9 Å². The van der Waals surface area contributed by atoms with Crippen LogP contribution in [-0.2, 0) is 19.4 Å². The number of carbonyl (C=O) groups is 2. The number of benzene rings is 3. The molecule has 3 aromatic carbocycles.